The maximum atomic E-state index is 11.1. The van der Waals surface area contributed by atoms with E-state index >= 15 is 0 Å². The molecule has 0 unspecified atom stereocenters. The lowest BCUT2D eigenvalue weighted by molar-refractivity contribution is 0.470. The van der Waals surface area contributed by atoms with Gasteiger partial charge < -0.3 is 9.64 Å². The average Bonchev–Trinajstić information content (AvgIpc) is 2.59. The fourth-order valence-corrected chi connectivity index (χ4v) is 3.69. The zero-order valence-electron chi connectivity index (χ0n) is 14.5. The van der Waals surface area contributed by atoms with Crippen molar-refractivity contribution >= 4 is 21.5 Å². The lowest BCUT2D eigenvalue weighted by Gasteiger charge is -2.34. The van der Waals surface area contributed by atoms with Crippen molar-refractivity contribution in [3.05, 3.63) is 47.5 Å². The molecule has 0 radical (unpaired) electrons. The summed E-state index contributed by atoms with van der Waals surface area (Å²) in [7, 11) is -3.97. The Labute approximate surface area is 149 Å². The Morgan fingerprint density at radius 3 is 2.56 bits per heavy atom. The summed E-state index contributed by atoms with van der Waals surface area (Å²) in [6.07, 6.45) is 2.10. The van der Waals surface area contributed by atoms with E-state index in [1.54, 1.807) is 0 Å². The highest BCUT2D eigenvalue weighted by molar-refractivity contribution is 7.85. The summed E-state index contributed by atoms with van der Waals surface area (Å²) in [6.45, 7) is 4.68. The SMILES string of the molecule is CCc1ccc2c(c1)N(CCCS(=O)(=O)O)c1c(CC)cccc1O2. The van der Waals surface area contributed by atoms with Crippen LogP contribution in [0.25, 0.3) is 0 Å². The third-order valence-electron chi connectivity index (χ3n) is 4.46. The Hall–Kier alpha value is -2.05. The van der Waals surface area contributed by atoms with Crippen molar-refractivity contribution in [1.29, 1.82) is 0 Å². The van der Waals surface area contributed by atoms with E-state index in [0.29, 0.717) is 13.0 Å². The van der Waals surface area contributed by atoms with Gasteiger partial charge in [0.2, 0.25) is 0 Å². The van der Waals surface area contributed by atoms with Crippen LogP contribution in [-0.2, 0) is 23.0 Å². The van der Waals surface area contributed by atoms with Gasteiger partial charge in [-0.05, 0) is 48.6 Å². The molecule has 0 fully saturated rings. The Kier molecular flexibility index (Phi) is 5.01. The molecule has 0 saturated heterocycles. The van der Waals surface area contributed by atoms with Crippen LogP contribution in [0.1, 0.15) is 31.4 Å². The van der Waals surface area contributed by atoms with E-state index in [1.165, 1.54) is 5.56 Å². The molecule has 2 aromatic carbocycles. The number of fused-ring (bicyclic) bond motifs is 2. The van der Waals surface area contributed by atoms with Crippen LogP contribution in [0.2, 0.25) is 0 Å². The van der Waals surface area contributed by atoms with Crippen LogP contribution < -0.4 is 9.64 Å². The summed E-state index contributed by atoms with van der Waals surface area (Å²) >= 11 is 0. The molecule has 5 nitrogen and oxygen atoms in total. The average molecular weight is 361 g/mol. The second kappa shape index (κ2) is 7.06. The molecule has 1 aliphatic rings. The third kappa shape index (κ3) is 3.80. The molecule has 0 spiro atoms. The molecule has 1 N–H and O–H groups in total. The number of hydrogen-bond acceptors (Lipinski definition) is 4. The second-order valence-electron chi connectivity index (χ2n) is 6.17. The molecule has 0 aliphatic carbocycles. The Morgan fingerprint density at radius 2 is 1.88 bits per heavy atom. The maximum absolute atomic E-state index is 11.1. The van der Waals surface area contributed by atoms with Gasteiger partial charge in [-0.15, -0.1) is 0 Å². The second-order valence-corrected chi connectivity index (χ2v) is 7.74. The first-order valence-corrected chi connectivity index (χ1v) is 10.2. The van der Waals surface area contributed by atoms with Crippen LogP contribution in [0.3, 0.4) is 0 Å². The Balaban J connectivity index is 2.04. The predicted molar refractivity (Wildman–Crippen MR) is 99.8 cm³/mol. The molecule has 134 valence electrons. The van der Waals surface area contributed by atoms with Crippen LogP contribution >= 0.6 is 0 Å². The zero-order chi connectivity index (χ0) is 18.0. The highest BCUT2D eigenvalue weighted by Gasteiger charge is 2.26. The van der Waals surface area contributed by atoms with Crippen molar-refractivity contribution in [1.82, 2.24) is 0 Å². The minimum Gasteiger partial charge on any atom is -0.453 e. The molecule has 0 saturated carbocycles. The van der Waals surface area contributed by atoms with Gasteiger partial charge in [0.1, 0.15) is 0 Å². The van der Waals surface area contributed by atoms with Crippen molar-refractivity contribution in [2.75, 3.05) is 17.2 Å². The monoisotopic (exact) mass is 361 g/mol. The van der Waals surface area contributed by atoms with Crippen molar-refractivity contribution in [3.63, 3.8) is 0 Å². The molecule has 1 heterocycles. The molecule has 0 bridgehead atoms. The number of rotatable bonds is 6. The van der Waals surface area contributed by atoms with Crippen LogP contribution in [0.15, 0.2) is 36.4 Å². The lowest BCUT2D eigenvalue weighted by Crippen LogP contribution is -2.25. The molecule has 0 amide bonds. The largest absolute Gasteiger partial charge is 0.453 e. The van der Waals surface area contributed by atoms with Crippen LogP contribution in [0, 0.1) is 0 Å². The summed E-state index contributed by atoms with van der Waals surface area (Å²) in [5, 5.41) is 0. The number of benzene rings is 2. The summed E-state index contributed by atoms with van der Waals surface area (Å²) in [4.78, 5) is 2.12. The number of nitrogens with zero attached hydrogens (tertiary/aromatic N) is 1. The van der Waals surface area contributed by atoms with Gasteiger partial charge in [0.05, 0.1) is 17.1 Å². The van der Waals surface area contributed by atoms with E-state index in [1.807, 2.05) is 24.3 Å². The minimum absolute atomic E-state index is 0.253. The number of hydrogen-bond donors (Lipinski definition) is 1. The fourth-order valence-electron chi connectivity index (χ4n) is 3.20. The fraction of sp³-hybridized carbons (Fsp3) is 0.368. The normalized spacial score (nSPS) is 13.2. The standard InChI is InChI=1S/C19H23NO4S/c1-3-14-9-10-17-16(13-14)20(11-6-12-25(21,22)23)19-15(4-2)7-5-8-18(19)24-17/h5,7-10,13H,3-4,6,11-12H2,1-2H3,(H,21,22,23). The molecule has 3 rings (SSSR count). The summed E-state index contributed by atoms with van der Waals surface area (Å²) in [5.74, 6) is 1.30. The lowest BCUT2D eigenvalue weighted by atomic mass is 10.0. The van der Waals surface area contributed by atoms with Gasteiger partial charge in [-0.2, -0.15) is 8.42 Å². The van der Waals surface area contributed by atoms with Crippen LogP contribution in [0.4, 0.5) is 11.4 Å². The number of aryl methyl sites for hydroxylation is 2. The molecule has 0 aromatic heterocycles. The van der Waals surface area contributed by atoms with Gasteiger partial charge in [-0.3, -0.25) is 4.55 Å². The molecular weight excluding hydrogens is 338 g/mol. The Bertz CT molecular complexity index is 877. The van der Waals surface area contributed by atoms with Crippen molar-refractivity contribution in [2.24, 2.45) is 0 Å². The highest BCUT2D eigenvalue weighted by atomic mass is 32.2. The zero-order valence-corrected chi connectivity index (χ0v) is 15.3. The summed E-state index contributed by atoms with van der Waals surface area (Å²) in [6, 6.07) is 12.1. The van der Waals surface area contributed by atoms with E-state index in [4.69, 9.17) is 9.29 Å². The van der Waals surface area contributed by atoms with E-state index in [9.17, 15) is 8.42 Å². The van der Waals surface area contributed by atoms with Gasteiger partial charge >= 0.3 is 0 Å². The molecule has 1 aliphatic heterocycles. The smallest absolute Gasteiger partial charge is 0.264 e. The Morgan fingerprint density at radius 1 is 1.08 bits per heavy atom. The molecule has 2 aromatic rings. The molecule has 0 atom stereocenters. The van der Waals surface area contributed by atoms with Gasteiger partial charge in [0, 0.05) is 6.54 Å². The van der Waals surface area contributed by atoms with Gasteiger partial charge in [0.15, 0.2) is 11.5 Å². The van der Waals surface area contributed by atoms with Crippen molar-refractivity contribution in [3.8, 4) is 11.5 Å². The third-order valence-corrected chi connectivity index (χ3v) is 5.26. The quantitative estimate of drug-likeness (QED) is 0.776. The maximum Gasteiger partial charge on any atom is 0.264 e. The minimum atomic E-state index is -3.97. The number of anilines is 2. The molecular formula is C19H23NO4S. The van der Waals surface area contributed by atoms with Crippen LogP contribution in [0.5, 0.6) is 11.5 Å². The topological polar surface area (TPSA) is 66.8 Å². The van der Waals surface area contributed by atoms with E-state index in [0.717, 1.165) is 41.3 Å². The van der Waals surface area contributed by atoms with E-state index < -0.39 is 10.1 Å². The van der Waals surface area contributed by atoms with E-state index in [-0.39, 0.29) is 5.75 Å². The predicted octanol–water partition coefficient (Wildman–Crippen LogP) is 4.33. The summed E-state index contributed by atoms with van der Waals surface area (Å²) in [5.41, 5.74) is 4.28. The number of para-hydroxylation sites is 1. The summed E-state index contributed by atoms with van der Waals surface area (Å²) < 4.78 is 37.3. The van der Waals surface area contributed by atoms with Crippen LogP contribution in [-0.4, -0.2) is 25.3 Å². The first-order valence-electron chi connectivity index (χ1n) is 8.58. The number of ether oxygens (including phenoxy) is 1. The van der Waals surface area contributed by atoms with Gasteiger partial charge in [-0.1, -0.05) is 32.0 Å². The van der Waals surface area contributed by atoms with Crippen molar-refractivity contribution < 1.29 is 17.7 Å². The van der Waals surface area contributed by atoms with E-state index in [2.05, 4.69) is 30.9 Å². The highest BCUT2D eigenvalue weighted by Crippen LogP contribution is 2.48. The molecule has 25 heavy (non-hydrogen) atoms. The first-order chi connectivity index (χ1) is 11.9. The van der Waals surface area contributed by atoms with Gasteiger partial charge in [0.25, 0.3) is 10.1 Å². The van der Waals surface area contributed by atoms with Crippen molar-refractivity contribution in [2.45, 2.75) is 33.1 Å². The molecule has 6 heteroatoms. The van der Waals surface area contributed by atoms with Gasteiger partial charge in [-0.25, -0.2) is 0 Å². The first kappa shape index (κ1) is 17.8.